The summed E-state index contributed by atoms with van der Waals surface area (Å²) in [7, 11) is 1.55. The van der Waals surface area contributed by atoms with Crippen LogP contribution in [0.1, 0.15) is 81.9 Å². The molecule has 0 aliphatic carbocycles. The van der Waals surface area contributed by atoms with Crippen molar-refractivity contribution in [2.24, 2.45) is 11.8 Å². The lowest BCUT2D eigenvalue weighted by molar-refractivity contribution is -0.148. The van der Waals surface area contributed by atoms with Crippen molar-refractivity contribution >= 4 is 23.6 Å². The number of aryl methyl sites for hydroxylation is 1. The van der Waals surface area contributed by atoms with Gasteiger partial charge in [-0.2, -0.15) is 4.98 Å². The summed E-state index contributed by atoms with van der Waals surface area (Å²) in [5.74, 6) is -0.893. The van der Waals surface area contributed by atoms with Crippen LogP contribution in [-0.2, 0) is 32.1 Å². The van der Waals surface area contributed by atoms with Crippen molar-refractivity contribution in [2.45, 2.75) is 97.1 Å². The maximum Gasteiger partial charge on any atom is 0.255 e. The zero-order valence-corrected chi connectivity index (χ0v) is 28.6. The van der Waals surface area contributed by atoms with E-state index in [1.165, 1.54) is 9.80 Å². The minimum absolute atomic E-state index is 0.0147. The van der Waals surface area contributed by atoms with Crippen LogP contribution in [-0.4, -0.2) is 106 Å². The molecule has 3 heterocycles. The van der Waals surface area contributed by atoms with Crippen LogP contribution in [0, 0.1) is 11.8 Å². The van der Waals surface area contributed by atoms with E-state index in [4.69, 9.17) is 14.0 Å². The normalized spacial score (nSPS) is 24.6. The van der Waals surface area contributed by atoms with Crippen molar-refractivity contribution in [3.05, 3.63) is 41.5 Å². The van der Waals surface area contributed by atoms with Crippen LogP contribution < -0.4 is 15.4 Å². The van der Waals surface area contributed by atoms with Crippen LogP contribution in [0.15, 0.2) is 28.8 Å². The van der Waals surface area contributed by atoms with Crippen LogP contribution in [0.2, 0.25) is 0 Å². The van der Waals surface area contributed by atoms with E-state index in [2.05, 4.69) is 20.8 Å². The lowest BCUT2D eigenvalue weighted by Crippen LogP contribution is -2.58. The number of carbonyl (C=O) groups excluding carboxylic acids is 4. The number of ether oxygens (including phenoxy) is 2. The molecule has 0 unspecified atom stereocenters. The molecule has 1 fully saturated rings. The number of fused-ring (bicyclic) bond motifs is 4. The van der Waals surface area contributed by atoms with E-state index < -0.39 is 42.0 Å². The summed E-state index contributed by atoms with van der Waals surface area (Å²) in [5.41, 5.74) is 0.214. The Morgan fingerprint density at radius 2 is 1.79 bits per heavy atom. The van der Waals surface area contributed by atoms with E-state index in [1.54, 1.807) is 31.3 Å². The molecule has 4 atom stereocenters. The van der Waals surface area contributed by atoms with Crippen molar-refractivity contribution < 1.29 is 38.3 Å². The fourth-order valence-corrected chi connectivity index (χ4v) is 6.20. The van der Waals surface area contributed by atoms with Gasteiger partial charge < -0.3 is 39.5 Å². The van der Waals surface area contributed by atoms with Gasteiger partial charge in [-0.15, -0.1) is 0 Å². The predicted molar refractivity (Wildman–Crippen MR) is 175 cm³/mol. The Labute approximate surface area is 281 Å². The van der Waals surface area contributed by atoms with E-state index >= 15 is 0 Å². The van der Waals surface area contributed by atoms with Crippen LogP contribution in [0.3, 0.4) is 0 Å². The number of nitrogens with one attached hydrogen (secondary N) is 2. The van der Waals surface area contributed by atoms with Crippen LogP contribution in [0.5, 0.6) is 5.75 Å². The molecule has 0 saturated carbocycles. The molecule has 48 heavy (non-hydrogen) atoms. The van der Waals surface area contributed by atoms with Gasteiger partial charge in [0, 0.05) is 39.6 Å². The zero-order chi connectivity index (χ0) is 34.8. The largest absolute Gasteiger partial charge is 0.485 e. The number of benzene rings is 1. The van der Waals surface area contributed by atoms with Crippen molar-refractivity contribution in [2.75, 3.05) is 33.4 Å². The standard InChI is InChI=1S/C34H50N6O8/c1-21(2)17-25-33(44)40-19-23(41)18-26(40)34(45)39(5)30(22(3)4)32(43)35-14-16-46-15-10-6-7-13-29-37-28(38-48-29)20-47-27-12-9-8-11-24(27)31(42)36-25/h8-9,11-12,21-23,25-26,30,41H,6-7,10,13-20H2,1-5H3,(H,35,43)(H,36,42)/t23-,25+,26+,30-/m0/s1. The van der Waals surface area contributed by atoms with Gasteiger partial charge in [0.25, 0.3) is 5.91 Å². The number of hydrogen-bond acceptors (Lipinski definition) is 10. The maximum atomic E-state index is 14.1. The third kappa shape index (κ3) is 9.75. The Balaban J connectivity index is 1.60. The highest BCUT2D eigenvalue weighted by molar-refractivity contribution is 6.00. The summed E-state index contributed by atoms with van der Waals surface area (Å²) < 4.78 is 17.0. The maximum absolute atomic E-state index is 14.1. The predicted octanol–water partition coefficient (Wildman–Crippen LogP) is 2.10. The van der Waals surface area contributed by atoms with Crippen molar-refractivity contribution in [3.63, 3.8) is 0 Å². The highest BCUT2D eigenvalue weighted by Crippen LogP contribution is 2.25. The van der Waals surface area contributed by atoms with Gasteiger partial charge in [0.2, 0.25) is 29.4 Å². The van der Waals surface area contributed by atoms with Gasteiger partial charge in [0.15, 0.2) is 6.61 Å². The number of hydrogen-bond donors (Lipinski definition) is 3. The fourth-order valence-electron chi connectivity index (χ4n) is 6.20. The molecule has 2 bridgehead atoms. The molecule has 1 saturated heterocycles. The number of para-hydroxylation sites is 1. The fraction of sp³-hybridized carbons (Fsp3) is 0.647. The average Bonchev–Trinajstić information content (AvgIpc) is 3.67. The molecule has 264 valence electrons. The first-order valence-electron chi connectivity index (χ1n) is 16.9. The van der Waals surface area contributed by atoms with Gasteiger partial charge in [-0.3, -0.25) is 19.2 Å². The van der Waals surface area contributed by atoms with Crippen LogP contribution >= 0.6 is 0 Å². The molecule has 14 nitrogen and oxygen atoms in total. The number of aliphatic hydroxyl groups is 1. The second-order valence-electron chi connectivity index (χ2n) is 13.3. The molecule has 4 amide bonds. The number of amides is 4. The molecule has 14 heteroatoms. The molecule has 2 aliphatic rings. The summed E-state index contributed by atoms with van der Waals surface area (Å²) >= 11 is 0. The molecular formula is C34H50N6O8. The second-order valence-corrected chi connectivity index (χ2v) is 13.3. The molecule has 1 aromatic carbocycles. The average molecular weight is 671 g/mol. The van der Waals surface area contributed by atoms with Gasteiger partial charge in [0.05, 0.1) is 18.3 Å². The molecule has 2 aliphatic heterocycles. The van der Waals surface area contributed by atoms with Gasteiger partial charge in [0.1, 0.15) is 23.9 Å². The Morgan fingerprint density at radius 3 is 2.54 bits per heavy atom. The van der Waals surface area contributed by atoms with E-state index in [0.717, 1.165) is 19.3 Å². The number of nitrogens with zero attached hydrogens (tertiary/aromatic N) is 4. The molecule has 3 N–H and O–H groups in total. The van der Waals surface area contributed by atoms with Crippen molar-refractivity contribution in [3.8, 4) is 5.75 Å². The van der Waals surface area contributed by atoms with Crippen molar-refractivity contribution in [1.29, 1.82) is 0 Å². The summed E-state index contributed by atoms with van der Waals surface area (Å²) in [4.78, 5) is 62.1. The highest BCUT2D eigenvalue weighted by Gasteiger charge is 2.44. The second kappa shape index (κ2) is 17.4. The van der Waals surface area contributed by atoms with Gasteiger partial charge in [-0.05, 0) is 43.2 Å². The van der Waals surface area contributed by atoms with E-state index in [9.17, 15) is 24.3 Å². The van der Waals surface area contributed by atoms with E-state index in [1.807, 2.05) is 27.7 Å². The van der Waals surface area contributed by atoms with Crippen LogP contribution in [0.25, 0.3) is 0 Å². The quantitative estimate of drug-likeness (QED) is 0.438. The number of likely N-dealkylation sites (N-methyl/N-ethyl adjacent to an activating group) is 1. The first kappa shape index (κ1) is 36.8. The van der Waals surface area contributed by atoms with Gasteiger partial charge >= 0.3 is 0 Å². The molecule has 0 radical (unpaired) electrons. The lowest BCUT2D eigenvalue weighted by Gasteiger charge is -2.35. The zero-order valence-electron chi connectivity index (χ0n) is 28.6. The Kier molecular flexibility index (Phi) is 13.3. The topological polar surface area (TPSA) is 176 Å². The van der Waals surface area contributed by atoms with Gasteiger partial charge in [-0.1, -0.05) is 51.4 Å². The highest BCUT2D eigenvalue weighted by atomic mass is 16.5. The van der Waals surface area contributed by atoms with E-state index in [0.29, 0.717) is 37.8 Å². The number of aliphatic hydroxyl groups excluding tert-OH is 1. The van der Waals surface area contributed by atoms with Crippen LogP contribution in [0.4, 0.5) is 0 Å². The molecule has 2 aromatic rings. The molecular weight excluding hydrogens is 620 g/mol. The van der Waals surface area contributed by atoms with Crippen molar-refractivity contribution in [1.82, 2.24) is 30.6 Å². The smallest absolute Gasteiger partial charge is 0.255 e. The minimum atomic E-state index is -1.00. The SMILES string of the molecule is CC(C)C[C@H]1NC(=O)c2ccccc2OCc2noc(n2)CCCCCOCCNC(=O)[C@H](C(C)C)N(C)C(=O)[C@H]2C[C@H](O)CN2C1=O. The third-order valence-corrected chi connectivity index (χ3v) is 8.55. The first-order valence-corrected chi connectivity index (χ1v) is 16.9. The monoisotopic (exact) mass is 670 g/mol. The Bertz CT molecular complexity index is 1400. The van der Waals surface area contributed by atoms with Gasteiger partial charge in [-0.25, -0.2) is 0 Å². The minimum Gasteiger partial charge on any atom is -0.485 e. The third-order valence-electron chi connectivity index (χ3n) is 8.55. The Morgan fingerprint density at radius 1 is 1.02 bits per heavy atom. The van der Waals surface area contributed by atoms with E-state index in [-0.39, 0.29) is 55.2 Å². The summed E-state index contributed by atoms with van der Waals surface area (Å²) in [5, 5.41) is 20.4. The first-order chi connectivity index (χ1) is 23.0. The molecule has 1 aromatic heterocycles. The lowest BCUT2D eigenvalue weighted by atomic mass is 9.99. The summed E-state index contributed by atoms with van der Waals surface area (Å²) in [6.07, 6.45) is 2.51. The number of rotatable bonds is 3. The summed E-state index contributed by atoms with van der Waals surface area (Å²) in [6.45, 7) is 8.59. The Hall–Kier alpha value is -4.04. The number of carbonyl (C=O) groups is 4. The molecule has 4 rings (SSSR count). The number of aromatic nitrogens is 2. The molecule has 0 spiro atoms. The summed E-state index contributed by atoms with van der Waals surface area (Å²) in [6, 6.07) is 3.87.